The van der Waals surface area contributed by atoms with Gasteiger partial charge in [-0.25, -0.2) is 0 Å². The lowest BCUT2D eigenvalue weighted by Gasteiger charge is -2.07. The third kappa shape index (κ3) is 3.55. The molecule has 1 aromatic carbocycles. The molecular formula is C11H15N3O4. The summed E-state index contributed by atoms with van der Waals surface area (Å²) in [5, 5.41) is 23.2. The van der Waals surface area contributed by atoms with Crippen molar-refractivity contribution in [3.8, 4) is 11.5 Å². The largest absolute Gasteiger partial charge is 0.504 e. The van der Waals surface area contributed by atoms with E-state index in [1.165, 1.54) is 25.3 Å². The van der Waals surface area contributed by atoms with Gasteiger partial charge in [0.1, 0.15) is 5.84 Å². The van der Waals surface area contributed by atoms with Crippen molar-refractivity contribution in [1.82, 2.24) is 5.32 Å². The van der Waals surface area contributed by atoms with Gasteiger partial charge in [0, 0.05) is 18.5 Å². The van der Waals surface area contributed by atoms with Gasteiger partial charge >= 0.3 is 0 Å². The molecule has 0 saturated carbocycles. The maximum atomic E-state index is 11.7. The van der Waals surface area contributed by atoms with Crippen LogP contribution < -0.4 is 15.8 Å². The monoisotopic (exact) mass is 253 g/mol. The number of phenols is 1. The Morgan fingerprint density at radius 2 is 2.28 bits per heavy atom. The number of carbonyl (C=O) groups is 1. The highest BCUT2D eigenvalue weighted by atomic mass is 16.5. The molecule has 0 spiro atoms. The average molecular weight is 253 g/mol. The lowest BCUT2D eigenvalue weighted by molar-refractivity contribution is 0.0954. The summed E-state index contributed by atoms with van der Waals surface area (Å²) < 4.78 is 4.87. The van der Waals surface area contributed by atoms with Gasteiger partial charge in [0.2, 0.25) is 0 Å². The molecule has 0 aromatic heterocycles. The number of amides is 1. The zero-order valence-electron chi connectivity index (χ0n) is 9.88. The van der Waals surface area contributed by atoms with Crippen molar-refractivity contribution in [2.24, 2.45) is 10.9 Å². The summed E-state index contributed by atoms with van der Waals surface area (Å²) >= 11 is 0. The Labute approximate surface area is 104 Å². The van der Waals surface area contributed by atoms with Gasteiger partial charge in [0.25, 0.3) is 5.91 Å². The molecule has 18 heavy (non-hydrogen) atoms. The Hall–Kier alpha value is -2.44. The van der Waals surface area contributed by atoms with Gasteiger partial charge in [-0.1, -0.05) is 5.16 Å². The predicted molar refractivity (Wildman–Crippen MR) is 65.0 cm³/mol. The summed E-state index contributed by atoms with van der Waals surface area (Å²) in [5.41, 5.74) is 5.55. The maximum absolute atomic E-state index is 11.7. The molecule has 0 aliphatic carbocycles. The molecule has 0 aliphatic heterocycles. The second-order valence-electron chi connectivity index (χ2n) is 3.48. The molecule has 7 heteroatoms. The first-order chi connectivity index (χ1) is 8.58. The van der Waals surface area contributed by atoms with E-state index in [1.807, 2.05) is 0 Å². The fraction of sp³-hybridized carbons (Fsp3) is 0.273. The number of methoxy groups -OCH3 is 1. The van der Waals surface area contributed by atoms with Crippen molar-refractivity contribution >= 4 is 11.7 Å². The molecule has 1 aromatic rings. The molecule has 0 heterocycles. The van der Waals surface area contributed by atoms with Crippen molar-refractivity contribution in [3.05, 3.63) is 23.8 Å². The average Bonchev–Trinajstić information content (AvgIpc) is 2.38. The first kappa shape index (κ1) is 13.6. The van der Waals surface area contributed by atoms with Crippen LogP contribution in [0.3, 0.4) is 0 Å². The highest BCUT2D eigenvalue weighted by Gasteiger charge is 2.09. The van der Waals surface area contributed by atoms with Crippen LogP contribution >= 0.6 is 0 Å². The molecule has 7 nitrogen and oxygen atoms in total. The molecule has 0 atom stereocenters. The first-order valence-corrected chi connectivity index (χ1v) is 5.20. The zero-order valence-corrected chi connectivity index (χ0v) is 9.88. The van der Waals surface area contributed by atoms with E-state index in [-0.39, 0.29) is 30.5 Å². The fourth-order valence-corrected chi connectivity index (χ4v) is 1.29. The normalized spacial score (nSPS) is 11.1. The number of amidine groups is 1. The fourth-order valence-electron chi connectivity index (χ4n) is 1.29. The lowest BCUT2D eigenvalue weighted by Crippen LogP contribution is -2.27. The Balaban J connectivity index is 2.59. The van der Waals surface area contributed by atoms with Crippen LogP contribution in [0.2, 0.25) is 0 Å². The van der Waals surface area contributed by atoms with Crippen LogP contribution in [-0.4, -0.2) is 35.7 Å². The Morgan fingerprint density at radius 1 is 1.56 bits per heavy atom. The van der Waals surface area contributed by atoms with E-state index < -0.39 is 0 Å². The van der Waals surface area contributed by atoms with Crippen LogP contribution in [-0.2, 0) is 0 Å². The van der Waals surface area contributed by atoms with E-state index in [0.717, 1.165) is 0 Å². The highest BCUT2D eigenvalue weighted by Crippen LogP contribution is 2.25. The quantitative estimate of drug-likeness (QED) is 0.260. The number of phenolic OH excluding ortho intramolecular Hbond substituents is 1. The summed E-state index contributed by atoms with van der Waals surface area (Å²) in [6.45, 7) is 0.238. The van der Waals surface area contributed by atoms with Crippen LogP contribution in [0.15, 0.2) is 23.4 Å². The van der Waals surface area contributed by atoms with Gasteiger partial charge in [-0.15, -0.1) is 0 Å². The van der Waals surface area contributed by atoms with Crippen LogP contribution in [0.1, 0.15) is 16.8 Å². The summed E-state index contributed by atoms with van der Waals surface area (Å²) in [6.07, 6.45) is 0.240. The van der Waals surface area contributed by atoms with Crippen LogP contribution in [0.25, 0.3) is 0 Å². The summed E-state index contributed by atoms with van der Waals surface area (Å²) in [7, 11) is 1.42. The van der Waals surface area contributed by atoms with Gasteiger partial charge in [0.05, 0.1) is 7.11 Å². The minimum atomic E-state index is -0.362. The molecule has 0 aliphatic rings. The minimum absolute atomic E-state index is 0.0351. The van der Waals surface area contributed by atoms with E-state index in [9.17, 15) is 9.90 Å². The zero-order chi connectivity index (χ0) is 13.5. The van der Waals surface area contributed by atoms with Crippen LogP contribution in [0, 0.1) is 0 Å². The number of hydrogen-bond acceptors (Lipinski definition) is 5. The number of nitrogens with one attached hydrogen (secondary N) is 1. The number of hydrogen-bond donors (Lipinski definition) is 4. The molecular weight excluding hydrogens is 238 g/mol. The third-order valence-corrected chi connectivity index (χ3v) is 2.24. The number of ether oxygens (including phenoxy) is 1. The number of carbonyl (C=O) groups excluding carboxylic acids is 1. The number of benzene rings is 1. The molecule has 0 saturated heterocycles. The molecule has 1 rings (SSSR count). The van der Waals surface area contributed by atoms with Crippen molar-refractivity contribution in [1.29, 1.82) is 0 Å². The van der Waals surface area contributed by atoms with E-state index in [2.05, 4.69) is 10.5 Å². The van der Waals surface area contributed by atoms with Crippen LogP contribution in [0.5, 0.6) is 11.5 Å². The Bertz CT molecular complexity index is 460. The van der Waals surface area contributed by atoms with E-state index >= 15 is 0 Å². The molecule has 0 radical (unpaired) electrons. The Morgan fingerprint density at radius 3 is 2.83 bits per heavy atom. The number of rotatable bonds is 5. The van der Waals surface area contributed by atoms with Gasteiger partial charge < -0.3 is 26.1 Å². The Kier molecular flexibility index (Phi) is 4.79. The molecule has 5 N–H and O–H groups in total. The first-order valence-electron chi connectivity index (χ1n) is 5.20. The number of aromatic hydroxyl groups is 1. The third-order valence-electron chi connectivity index (χ3n) is 2.24. The predicted octanol–water partition coefficient (Wildman–Crippen LogP) is 0.267. The van der Waals surface area contributed by atoms with Crippen molar-refractivity contribution < 1.29 is 19.8 Å². The van der Waals surface area contributed by atoms with Gasteiger partial charge in [0.15, 0.2) is 11.5 Å². The number of nitrogens with zero attached hydrogens (tertiary/aromatic N) is 1. The van der Waals surface area contributed by atoms with Gasteiger partial charge in [-0.05, 0) is 18.2 Å². The van der Waals surface area contributed by atoms with Gasteiger partial charge in [-0.3, -0.25) is 4.79 Å². The molecule has 1 amide bonds. The highest BCUT2D eigenvalue weighted by molar-refractivity contribution is 5.95. The minimum Gasteiger partial charge on any atom is -0.504 e. The van der Waals surface area contributed by atoms with E-state index in [0.29, 0.717) is 11.3 Å². The summed E-state index contributed by atoms with van der Waals surface area (Å²) in [5.74, 6) is -0.142. The standard InChI is InChI=1S/C11H15N3O4/c1-18-9-3-2-7(6-8(9)15)11(16)13-5-4-10(12)14-17/h2-3,6,15,17H,4-5H2,1H3,(H2,12,14)(H,13,16). The SMILES string of the molecule is COc1ccc(C(=O)NCCC(N)=NO)cc1O. The molecule has 98 valence electrons. The van der Waals surface area contributed by atoms with Gasteiger partial charge in [-0.2, -0.15) is 0 Å². The molecule has 0 fully saturated rings. The molecule has 0 bridgehead atoms. The lowest BCUT2D eigenvalue weighted by atomic mass is 10.2. The van der Waals surface area contributed by atoms with E-state index in [1.54, 1.807) is 0 Å². The number of nitrogens with two attached hydrogens (primary N) is 1. The second kappa shape index (κ2) is 6.33. The van der Waals surface area contributed by atoms with Crippen molar-refractivity contribution in [2.45, 2.75) is 6.42 Å². The topological polar surface area (TPSA) is 117 Å². The van der Waals surface area contributed by atoms with Crippen molar-refractivity contribution in [2.75, 3.05) is 13.7 Å². The molecule has 0 unspecified atom stereocenters. The maximum Gasteiger partial charge on any atom is 0.251 e. The smallest absolute Gasteiger partial charge is 0.251 e. The summed E-state index contributed by atoms with van der Waals surface area (Å²) in [4.78, 5) is 11.7. The summed E-state index contributed by atoms with van der Waals surface area (Å²) in [6, 6.07) is 4.32. The number of oxime groups is 1. The second-order valence-corrected chi connectivity index (χ2v) is 3.48. The van der Waals surface area contributed by atoms with Crippen molar-refractivity contribution in [3.63, 3.8) is 0 Å². The van der Waals surface area contributed by atoms with Crippen LogP contribution in [0.4, 0.5) is 0 Å². The van der Waals surface area contributed by atoms with E-state index in [4.69, 9.17) is 15.7 Å².